The Hall–Kier alpha value is -2.71. The molecule has 3 heterocycles. The SMILES string of the molecule is CN1CCN(c2ccc(N=Cc3c(O)[nH]c(=O)c4ccc(Br)cc34)cn2)CC1. The molecule has 1 saturated heterocycles. The molecule has 1 fully saturated rings. The number of pyridine rings is 2. The summed E-state index contributed by atoms with van der Waals surface area (Å²) in [6.45, 7) is 3.96. The van der Waals surface area contributed by atoms with Gasteiger partial charge >= 0.3 is 0 Å². The number of benzene rings is 1. The Morgan fingerprint density at radius 2 is 1.96 bits per heavy atom. The Morgan fingerprint density at radius 3 is 2.68 bits per heavy atom. The highest BCUT2D eigenvalue weighted by Gasteiger charge is 2.15. The average Bonchev–Trinajstić information content (AvgIpc) is 2.68. The van der Waals surface area contributed by atoms with E-state index in [-0.39, 0.29) is 11.4 Å². The van der Waals surface area contributed by atoms with E-state index in [9.17, 15) is 9.90 Å². The van der Waals surface area contributed by atoms with Crippen LogP contribution in [0.5, 0.6) is 5.88 Å². The zero-order valence-electron chi connectivity index (χ0n) is 15.4. The first-order chi connectivity index (χ1) is 13.5. The summed E-state index contributed by atoms with van der Waals surface area (Å²) in [6, 6.07) is 9.15. The lowest BCUT2D eigenvalue weighted by atomic mass is 10.1. The minimum absolute atomic E-state index is 0.207. The van der Waals surface area contributed by atoms with Crippen molar-refractivity contribution in [1.29, 1.82) is 0 Å². The van der Waals surface area contributed by atoms with Gasteiger partial charge in [0.2, 0.25) is 5.88 Å². The number of H-pyrrole nitrogens is 1. The standard InChI is InChI=1S/C20H20BrN5O2/c1-25-6-8-26(9-7-25)18-5-3-14(11-23-18)22-12-17-16-10-13(21)2-4-15(16)19(27)24-20(17)28/h2-5,10-12H,6-9H2,1H3,(H2,24,27,28). The minimum Gasteiger partial charge on any atom is -0.494 e. The number of aliphatic imine (C=N–C) groups is 1. The van der Waals surface area contributed by atoms with Crippen LogP contribution < -0.4 is 10.5 Å². The van der Waals surface area contributed by atoms with Crippen LogP contribution in [0.3, 0.4) is 0 Å². The predicted octanol–water partition coefficient (Wildman–Crippen LogP) is 2.89. The first-order valence-electron chi connectivity index (χ1n) is 8.99. The summed E-state index contributed by atoms with van der Waals surface area (Å²) in [4.78, 5) is 28.0. The Kier molecular flexibility index (Phi) is 5.15. The molecule has 1 aliphatic heterocycles. The second-order valence-corrected chi connectivity index (χ2v) is 7.75. The lowest BCUT2D eigenvalue weighted by molar-refractivity contribution is 0.312. The average molecular weight is 442 g/mol. The zero-order chi connectivity index (χ0) is 19.7. The van der Waals surface area contributed by atoms with Gasteiger partial charge in [-0.3, -0.25) is 14.8 Å². The van der Waals surface area contributed by atoms with Gasteiger partial charge in [0.25, 0.3) is 5.56 Å². The van der Waals surface area contributed by atoms with E-state index < -0.39 is 0 Å². The second kappa shape index (κ2) is 7.73. The molecule has 144 valence electrons. The van der Waals surface area contributed by atoms with Gasteiger partial charge in [-0.05, 0) is 37.4 Å². The summed E-state index contributed by atoms with van der Waals surface area (Å²) in [6.07, 6.45) is 3.26. The van der Waals surface area contributed by atoms with Crippen molar-refractivity contribution < 1.29 is 5.11 Å². The summed E-state index contributed by atoms with van der Waals surface area (Å²) in [7, 11) is 2.12. The number of hydrogen-bond donors (Lipinski definition) is 2. The smallest absolute Gasteiger partial charge is 0.258 e. The number of fused-ring (bicyclic) bond motifs is 1. The van der Waals surface area contributed by atoms with Gasteiger partial charge in [-0.15, -0.1) is 0 Å². The Morgan fingerprint density at radius 1 is 1.18 bits per heavy atom. The van der Waals surface area contributed by atoms with Gasteiger partial charge < -0.3 is 14.9 Å². The lowest BCUT2D eigenvalue weighted by Gasteiger charge is -2.33. The molecular formula is C20H20BrN5O2. The fourth-order valence-corrected chi connectivity index (χ4v) is 3.62. The van der Waals surface area contributed by atoms with Gasteiger partial charge in [-0.25, -0.2) is 4.98 Å². The molecule has 2 aromatic heterocycles. The van der Waals surface area contributed by atoms with Crippen molar-refractivity contribution in [2.24, 2.45) is 4.99 Å². The highest BCUT2D eigenvalue weighted by Crippen LogP contribution is 2.25. The van der Waals surface area contributed by atoms with Crippen LogP contribution in [0.25, 0.3) is 10.8 Å². The third kappa shape index (κ3) is 3.79. The van der Waals surface area contributed by atoms with E-state index in [2.05, 4.69) is 47.7 Å². The van der Waals surface area contributed by atoms with Crippen molar-refractivity contribution in [1.82, 2.24) is 14.9 Å². The van der Waals surface area contributed by atoms with E-state index in [1.54, 1.807) is 30.6 Å². The number of aromatic hydroxyl groups is 1. The van der Waals surface area contributed by atoms with Crippen LogP contribution in [-0.2, 0) is 0 Å². The molecule has 0 spiro atoms. The number of rotatable bonds is 3. The van der Waals surface area contributed by atoms with Gasteiger partial charge in [0.1, 0.15) is 5.82 Å². The third-order valence-corrected chi connectivity index (χ3v) is 5.40. The van der Waals surface area contributed by atoms with E-state index in [0.717, 1.165) is 36.5 Å². The lowest BCUT2D eigenvalue weighted by Crippen LogP contribution is -2.44. The van der Waals surface area contributed by atoms with Crippen LogP contribution in [-0.4, -0.2) is 59.4 Å². The van der Waals surface area contributed by atoms with Crippen molar-refractivity contribution in [3.63, 3.8) is 0 Å². The van der Waals surface area contributed by atoms with Gasteiger partial charge in [0.05, 0.1) is 17.4 Å². The fraction of sp³-hybridized carbons (Fsp3) is 0.250. The fourth-order valence-electron chi connectivity index (χ4n) is 3.25. The minimum atomic E-state index is -0.338. The normalized spacial score (nSPS) is 15.6. The maximum Gasteiger partial charge on any atom is 0.258 e. The van der Waals surface area contributed by atoms with E-state index in [1.807, 2.05) is 12.1 Å². The van der Waals surface area contributed by atoms with Gasteiger partial charge in [-0.2, -0.15) is 0 Å². The predicted molar refractivity (Wildman–Crippen MR) is 115 cm³/mol. The van der Waals surface area contributed by atoms with E-state index in [4.69, 9.17) is 0 Å². The molecular weight excluding hydrogens is 422 g/mol. The molecule has 1 aromatic carbocycles. The molecule has 3 aromatic rings. The molecule has 8 heteroatoms. The summed E-state index contributed by atoms with van der Waals surface area (Å²) in [5.74, 6) is 0.731. The Labute approximate surface area is 170 Å². The molecule has 0 unspecified atom stereocenters. The zero-order valence-corrected chi connectivity index (χ0v) is 17.0. The molecule has 4 rings (SSSR count). The third-order valence-electron chi connectivity index (χ3n) is 4.91. The van der Waals surface area contributed by atoms with E-state index in [0.29, 0.717) is 22.0 Å². The number of likely N-dealkylation sites (N-methyl/N-ethyl adjacent to an activating group) is 1. The highest BCUT2D eigenvalue weighted by molar-refractivity contribution is 9.10. The van der Waals surface area contributed by atoms with Crippen molar-refractivity contribution in [3.8, 4) is 5.88 Å². The van der Waals surface area contributed by atoms with Crippen LogP contribution in [0.2, 0.25) is 0 Å². The molecule has 0 aliphatic carbocycles. The maximum atomic E-state index is 12.1. The van der Waals surface area contributed by atoms with Gasteiger partial charge in [0.15, 0.2) is 0 Å². The quantitative estimate of drug-likeness (QED) is 0.610. The number of hydrogen-bond acceptors (Lipinski definition) is 6. The number of piperazine rings is 1. The van der Waals surface area contributed by atoms with Crippen molar-refractivity contribution in [2.45, 2.75) is 0 Å². The molecule has 1 aliphatic rings. The van der Waals surface area contributed by atoms with E-state index in [1.165, 1.54) is 0 Å². The van der Waals surface area contributed by atoms with Crippen LogP contribution in [0, 0.1) is 0 Å². The summed E-state index contributed by atoms with van der Waals surface area (Å²) >= 11 is 3.41. The molecule has 0 bridgehead atoms. The molecule has 0 radical (unpaired) electrons. The second-order valence-electron chi connectivity index (χ2n) is 6.83. The first kappa shape index (κ1) is 18.6. The van der Waals surface area contributed by atoms with Crippen molar-refractivity contribution in [3.05, 3.63) is 56.9 Å². The van der Waals surface area contributed by atoms with Crippen LogP contribution in [0.15, 0.2) is 50.8 Å². The number of nitrogens with one attached hydrogen (secondary N) is 1. The number of aromatic nitrogens is 2. The molecule has 0 saturated carbocycles. The van der Waals surface area contributed by atoms with Crippen LogP contribution in [0.1, 0.15) is 5.56 Å². The van der Waals surface area contributed by atoms with Crippen molar-refractivity contribution >= 4 is 44.4 Å². The molecule has 28 heavy (non-hydrogen) atoms. The largest absolute Gasteiger partial charge is 0.494 e. The summed E-state index contributed by atoms with van der Waals surface area (Å²) < 4.78 is 0.817. The molecule has 0 amide bonds. The van der Waals surface area contributed by atoms with E-state index >= 15 is 0 Å². The van der Waals surface area contributed by atoms with Crippen LogP contribution >= 0.6 is 15.9 Å². The number of halogens is 1. The van der Waals surface area contributed by atoms with Gasteiger partial charge in [0, 0.05) is 47.6 Å². The summed E-state index contributed by atoms with van der Waals surface area (Å²) in [5.41, 5.74) is 0.793. The van der Waals surface area contributed by atoms with Gasteiger partial charge in [-0.1, -0.05) is 15.9 Å². The topological polar surface area (TPSA) is 84.8 Å². The van der Waals surface area contributed by atoms with Crippen LogP contribution in [0.4, 0.5) is 11.5 Å². The molecule has 0 atom stereocenters. The number of aromatic amines is 1. The highest BCUT2D eigenvalue weighted by atomic mass is 79.9. The monoisotopic (exact) mass is 441 g/mol. The Bertz CT molecular complexity index is 1090. The van der Waals surface area contributed by atoms with Crippen molar-refractivity contribution in [2.75, 3.05) is 38.1 Å². The first-order valence-corrected chi connectivity index (χ1v) is 9.79. The number of nitrogens with zero attached hydrogens (tertiary/aromatic N) is 4. The molecule has 2 N–H and O–H groups in total. The Balaban J connectivity index is 1.61. The number of anilines is 1. The molecule has 7 nitrogen and oxygen atoms in total. The summed E-state index contributed by atoms with van der Waals surface area (Å²) in [5, 5.41) is 11.3. The maximum absolute atomic E-state index is 12.1.